The Morgan fingerprint density at radius 1 is 0.885 bits per heavy atom. The Hall–Kier alpha value is -2.79. The van der Waals surface area contributed by atoms with Crippen LogP contribution in [0.25, 0.3) is 11.3 Å². The van der Waals surface area contributed by atoms with Crippen molar-refractivity contribution in [2.24, 2.45) is 0 Å². The number of nitrogens with zero attached hydrogens (tertiary/aromatic N) is 4. The number of rotatable bonds is 6. The number of aromatic nitrogens is 3. The molecule has 4 rings (SSSR count). The highest BCUT2D eigenvalue weighted by atomic mass is 15.2. The van der Waals surface area contributed by atoms with E-state index in [0.29, 0.717) is 12.5 Å². The first-order valence-corrected chi connectivity index (χ1v) is 9.16. The van der Waals surface area contributed by atoms with Gasteiger partial charge in [0.1, 0.15) is 0 Å². The number of hydrogen-bond donors (Lipinski definition) is 1. The summed E-state index contributed by atoms with van der Waals surface area (Å²) in [6, 6.07) is 18.8. The molecular formula is C21H23N5. The van der Waals surface area contributed by atoms with Crippen LogP contribution in [0.5, 0.6) is 0 Å². The molecule has 1 aliphatic heterocycles. The fourth-order valence-electron chi connectivity index (χ4n) is 3.27. The van der Waals surface area contributed by atoms with Crippen molar-refractivity contribution in [3.63, 3.8) is 0 Å². The van der Waals surface area contributed by atoms with E-state index in [0.717, 1.165) is 17.8 Å². The summed E-state index contributed by atoms with van der Waals surface area (Å²) in [5.41, 5.74) is 4.45. The summed E-state index contributed by atoms with van der Waals surface area (Å²) in [5.74, 6) is 0.549. The van der Waals surface area contributed by atoms with Crippen molar-refractivity contribution in [2.45, 2.75) is 25.9 Å². The van der Waals surface area contributed by atoms with Crippen molar-refractivity contribution < 1.29 is 0 Å². The quantitative estimate of drug-likeness (QED) is 0.737. The van der Waals surface area contributed by atoms with E-state index in [9.17, 15) is 0 Å². The molecule has 0 amide bonds. The average molecular weight is 345 g/mol. The highest BCUT2D eigenvalue weighted by Crippen LogP contribution is 2.17. The number of hydrogen-bond acceptors (Lipinski definition) is 5. The molecule has 0 bridgehead atoms. The minimum atomic E-state index is 0.549. The second-order valence-electron chi connectivity index (χ2n) is 6.68. The smallest absolute Gasteiger partial charge is 0.243 e. The van der Waals surface area contributed by atoms with Gasteiger partial charge in [-0.2, -0.15) is 5.10 Å². The van der Waals surface area contributed by atoms with E-state index in [1.807, 2.05) is 30.3 Å². The fourth-order valence-corrected chi connectivity index (χ4v) is 3.27. The highest BCUT2D eigenvalue weighted by molar-refractivity contribution is 5.58. The molecule has 5 nitrogen and oxygen atoms in total. The lowest BCUT2D eigenvalue weighted by Crippen LogP contribution is -2.18. The highest BCUT2D eigenvalue weighted by Gasteiger charge is 2.11. The van der Waals surface area contributed by atoms with Gasteiger partial charge in [0.25, 0.3) is 0 Å². The largest absolute Gasteiger partial charge is 0.349 e. The second-order valence-corrected chi connectivity index (χ2v) is 6.68. The molecule has 2 aromatic carbocycles. The van der Waals surface area contributed by atoms with Crippen molar-refractivity contribution in [1.29, 1.82) is 0 Å². The monoisotopic (exact) mass is 345 g/mol. The van der Waals surface area contributed by atoms with Gasteiger partial charge in [-0.1, -0.05) is 54.6 Å². The zero-order valence-electron chi connectivity index (χ0n) is 14.8. The van der Waals surface area contributed by atoms with Crippen LogP contribution in [0.4, 0.5) is 5.95 Å². The lowest BCUT2D eigenvalue weighted by atomic mass is 10.1. The Balaban J connectivity index is 1.36. The predicted octanol–water partition coefficient (Wildman–Crippen LogP) is 3.75. The van der Waals surface area contributed by atoms with E-state index in [1.165, 1.54) is 37.1 Å². The lowest BCUT2D eigenvalue weighted by Gasteiger charge is -2.14. The molecule has 1 N–H and O–H groups in total. The molecule has 26 heavy (non-hydrogen) atoms. The molecule has 5 heteroatoms. The van der Waals surface area contributed by atoms with Gasteiger partial charge in [0.2, 0.25) is 5.95 Å². The number of anilines is 1. The molecule has 2 heterocycles. The van der Waals surface area contributed by atoms with Gasteiger partial charge < -0.3 is 5.32 Å². The molecular weight excluding hydrogens is 322 g/mol. The van der Waals surface area contributed by atoms with Gasteiger partial charge in [0.15, 0.2) is 0 Å². The number of likely N-dealkylation sites (tertiary alicyclic amines) is 1. The summed E-state index contributed by atoms with van der Waals surface area (Å²) in [5, 5.41) is 11.4. The first-order chi connectivity index (χ1) is 12.9. The van der Waals surface area contributed by atoms with Crippen LogP contribution in [-0.2, 0) is 13.1 Å². The van der Waals surface area contributed by atoms with Gasteiger partial charge in [0, 0.05) is 18.7 Å². The molecule has 0 atom stereocenters. The topological polar surface area (TPSA) is 53.9 Å². The van der Waals surface area contributed by atoms with Crippen LogP contribution in [0.2, 0.25) is 0 Å². The van der Waals surface area contributed by atoms with E-state index in [4.69, 9.17) is 0 Å². The maximum atomic E-state index is 4.55. The Bertz CT molecular complexity index is 827. The Morgan fingerprint density at radius 3 is 2.38 bits per heavy atom. The molecule has 1 aromatic heterocycles. The minimum absolute atomic E-state index is 0.549. The third-order valence-electron chi connectivity index (χ3n) is 4.71. The summed E-state index contributed by atoms with van der Waals surface area (Å²) in [6.45, 7) is 4.20. The number of benzene rings is 2. The molecule has 1 aliphatic rings. The van der Waals surface area contributed by atoms with Gasteiger partial charge in [0.05, 0.1) is 11.9 Å². The van der Waals surface area contributed by atoms with Crippen LogP contribution in [0, 0.1) is 0 Å². The van der Waals surface area contributed by atoms with Crippen molar-refractivity contribution in [3.05, 3.63) is 71.9 Å². The van der Waals surface area contributed by atoms with Gasteiger partial charge in [-0.3, -0.25) is 4.90 Å². The molecule has 0 aliphatic carbocycles. The van der Waals surface area contributed by atoms with Gasteiger partial charge in [-0.15, -0.1) is 5.10 Å². The molecule has 0 saturated carbocycles. The first-order valence-electron chi connectivity index (χ1n) is 9.16. The van der Waals surface area contributed by atoms with E-state index >= 15 is 0 Å². The van der Waals surface area contributed by atoms with Crippen LogP contribution >= 0.6 is 0 Å². The van der Waals surface area contributed by atoms with Gasteiger partial charge in [-0.25, -0.2) is 4.98 Å². The van der Waals surface area contributed by atoms with Crippen molar-refractivity contribution in [1.82, 2.24) is 20.1 Å². The lowest BCUT2D eigenvalue weighted by molar-refractivity contribution is 0.331. The summed E-state index contributed by atoms with van der Waals surface area (Å²) in [4.78, 5) is 7.07. The summed E-state index contributed by atoms with van der Waals surface area (Å²) in [7, 11) is 0. The molecule has 0 unspecified atom stereocenters. The minimum Gasteiger partial charge on any atom is -0.349 e. The summed E-state index contributed by atoms with van der Waals surface area (Å²) < 4.78 is 0. The molecule has 0 radical (unpaired) electrons. The van der Waals surface area contributed by atoms with Crippen LogP contribution < -0.4 is 5.32 Å². The SMILES string of the molecule is c1ccc(-c2cnnc(NCc3ccc(CN4CCCC4)cc3)n2)cc1. The van der Waals surface area contributed by atoms with Crippen LogP contribution in [-0.4, -0.2) is 33.2 Å². The average Bonchev–Trinajstić information content (AvgIpc) is 3.21. The predicted molar refractivity (Wildman–Crippen MR) is 104 cm³/mol. The van der Waals surface area contributed by atoms with E-state index in [-0.39, 0.29) is 0 Å². The molecule has 1 fully saturated rings. The first kappa shape index (κ1) is 16.7. The summed E-state index contributed by atoms with van der Waals surface area (Å²) in [6.07, 6.45) is 4.35. The molecule has 3 aromatic rings. The zero-order valence-corrected chi connectivity index (χ0v) is 14.8. The molecule has 1 saturated heterocycles. The fraction of sp³-hybridized carbons (Fsp3) is 0.286. The van der Waals surface area contributed by atoms with E-state index < -0.39 is 0 Å². The Morgan fingerprint density at radius 2 is 1.62 bits per heavy atom. The third-order valence-corrected chi connectivity index (χ3v) is 4.71. The third kappa shape index (κ3) is 4.24. The maximum absolute atomic E-state index is 4.55. The standard InChI is InChI=1S/C21H23N5/c1-2-6-19(7-3-1)20-15-23-25-21(24-20)22-14-17-8-10-18(11-9-17)16-26-12-4-5-13-26/h1-3,6-11,15H,4-5,12-14,16H2,(H,22,24,25). The molecule has 0 spiro atoms. The number of nitrogens with one attached hydrogen (secondary N) is 1. The second kappa shape index (κ2) is 8.06. The van der Waals surface area contributed by atoms with Crippen molar-refractivity contribution >= 4 is 5.95 Å². The maximum Gasteiger partial charge on any atom is 0.243 e. The normalized spacial score (nSPS) is 14.5. The van der Waals surface area contributed by atoms with E-state index in [2.05, 4.69) is 49.7 Å². The molecule has 132 valence electrons. The Kier molecular flexibility index (Phi) is 5.17. The van der Waals surface area contributed by atoms with Crippen molar-refractivity contribution in [2.75, 3.05) is 18.4 Å². The Labute approximate surface area is 154 Å². The van der Waals surface area contributed by atoms with Crippen LogP contribution in [0.1, 0.15) is 24.0 Å². The van der Waals surface area contributed by atoms with Crippen LogP contribution in [0.3, 0.4) is 0 Å². The van der Waals surface area contributed by atoms with E-state index in [1.54, 1.807) is 6.20 Å². The van der Waals surface area contributed by atoms with Gasteiger partial charge in [-0.05, 0) is 37.1 Å². The van der Waals surface area contributed by atoms with Crippen LogP contribution in [0.15, 0.2) is 60.8 Å². The summed E-state index contributed by atoms with van der Waals surface area (Å²) >= 11 is 0. The van der Waals surface area contributed by atoms with Crippen molar-refractivity contribution in [3.8, 4) is 11.3 Å². The zero-order chi connectivity index (χ0) is 17.6. The van der Waals surface area contributed by atoms with Gasteiger partial charge >= 0.3 is 0 Å².